The summed E-state index contributed by atoms with van der Waals surface area (Å²) in [5, 5.41) is 2.96. The monoisotopic (exact) mass is 348 g/mol. The van der Waals surface area contributed by atoms with Crippen molar-refractivity contribution in [1.29, 1.82) is 0 Å². The number of benzene rings is 2. The van der Waals surface area contributed by atoms with Gasteiger partial charge in [-0.15, -0.1) is 0 Å². The van der Waals surface area contributed by atoms with E-state index in [9.17, 15) is 14.4 Å². The van der Waals surface area contributed by atoms with Crippen LogP contribution in [-0.4, -0.2) is 29.2 Å². The fourth-order valence-corrected chi connectivity index (χ4v) is 3.36. The van der Waals surface area contributed by atoms with E-state index in [1.165, 1.54) is 24.2 Å². The molecular formula is C21H20N2O3. The van der Waals surface area contributed by atoms with Crippen molar-refractivity contribution < 1.29 is 14.4 Å². The molecule has 4 rings (SSSR count). The maximum atomic E-state index is 12.4. The summed E-state index contributed by atoms with van der Waals surface area (Å²) in [6, 6.07) is 13.9. The van der Waals surface area contributed by atoms with Gasteiger partial charge in [-0.1, -0.05) is 30.7 Å². The standard InChI is InChI=1S/C21H20N2O3/c24-19(22-12-14-4-3-5-14)16-10-8-15(9-11-16)13-23-20(25)17-6-1-2-7-18(17)21(23)26/h1-2,6-11,14H,3-5,12-13H2,(H,22,24). The van der Waals surface area contributed by atoms with Gasteiger partial charge in [0.15, 0.2) is 0 Å². The van der Waals surface area contributed by atoms with Gasteiger partial charge in [-0.2, -0.15) is 0 Å². The molecule has 1 fully saturated rings. The minimum absolute atomic E-state index is 0.0795. The molecule has 2 aromatic rings. The molecule has 2 aliphatic rings. The topological polar surface area (TPSA) is 66.5 Å². The Balaban J connectivity index is 1.41. The van der Waals surface area contributed by atoms with E-state index in [2.05, 4.69) is 5.32 Å². The molecule has 5 nitrogen and oxygen atoms in total. The second-order valence-electron chi connectivity index (χ2n) is 6.95. The third-order valence-electron chi connectivity index (χ3n) is 5.21. The summed E-state index contributed by atoms with van der Waals surface area (Å²) in [5.41, 5.74) is 2.31. The molecule has 5 heteroatoms. The Hall–Kier alpha value is -2.95. The van der Waals surface area contributed by atoms with Crippen molar-refractivity contribution in [3.8, 4) is 0 Å². The maximum Gasteiger partial charge on any atom is 0.261 e. The van der Waals surface area contributed by atoms with Gasteiger partial charge in [0.05, 0.1) is 17.7 Å². The molecule has 2 aromatic carbocycles. The number of rotatable bonds is 5. The summed E-state index contributed by atoms with van der Waals surface area (Å²) in [4.78, 5) is 38.2. The highest BCUT2D eigenvalue weighted by atomic mass is 16.2. The van der Waals surface area contributed by atoms with Crippen LogP contribution in [0, 0.1) is 5.92 Å². The van der Waals surface area contributed by atoms with E-state index in [1.807, 2.05) is 0 Å². The molecule has 26 heavy (non-hydrogen) atoms. The molecule has 1 N–H and O–H groups in total. The predicted octanol–water partition coefficient (Wildman–Crippen LogP) is 3.01. The highest BCUT2D eigenvalue weighted by molar-refractivity contribution is 6.21. The summed E-state index contributed by atoms with van der Waals surface area (Å²) >= 11 is 0. The number of carbonyl (C=O) groups is 3. The summed E-state index contributed by atoms with van der Waals surface area (Å²) in [5.74, 6) is -0.00272. The minimum atomic E-state index is -0.270. The zero-order chi connectivity index (χ0) is 18.1. The van der Waals surface area contributed by atoms with Gasteiger partial charge >= 0.3 is 0 Å². The van der Waals surface area contributed by atoms with Gasteiger partial charge < -0.3 is 5.32 Å². The molecule has 1 heterocycles. The lowest BCUT2D eigenvalue weighted by Gasteiger charge is -2.25. The van der Waals surface area contributed by atoms with Crippen LogP contribution in [0.5, 0.6) is 0 Å². The molecule has 0 bridgehead atoms. The number of amides is 3. The number of imide groups is 1. The lowest BCUT2D eigenvalue weighted by atomic mass is 9.85. The third-order valence-corrected chi connectivity index (χ3v) is 5.21. The molecule has 0 spiro atoms. The van der Waals surface area contributed by atoms with Crippen LogP contribution in [0.25, 0.3) is 0 Å². The van der Waals surface area contributed by atoms with Gasteiger partial charge in [-0.25, -0.2) is 0 Å². The van der Waals surface area contributed by atoms with Crippen molar-refractivity contribution in [3.63, 3.8) is 0 Å². The van der Waals surface area contributed by atoms with E-state index in [0.29, 0.717) is 22.6 Å². The lowest BCUT2D eigenvalue weighted by molar-refractivity contribution is 0.0641. The number of hydrogen-bond donors (Lipinski definition) is 1. The van der Waals surface area contributed by atoms with Crippen molar-refractivity contribution in [1.82, 2.24) is 10.2 Å². The summed E-state index contributed by atoms with van der Waals surface area (Å²) in [6.07, 6.45) is 3.64. The molecule has 0 saturated heterocycles. The largest absolute Gasteiger partial charge is 0.352 e. The summed E-state index contributed by atoms with van der Waals surface area (Å²) in [6.45, 7) is 0.936. The van der Waals surface area contributed by atoms with Crippen molar-refractivity contribution >= 4 is 17.7 Å². The molecule has 0 unspecified atom stereocenters. The lowest BCUT2D eigenvalue weighted by Crippen LogP contribution is -2.32. The summed E-state index contributed by atoms with van der Waals surface area (Å²) in [7, 11) is 0. The van der Waals surface area contributed by atoms with Crippen LogP contribution in [0.15, 0.2) is 48.5 Å². The van der Waals surface area contributed by atoms with Crippen LogP contribution >= 0.6 is 0 Å². The third kappa shape index (κ3) is 3.01. The fraction of sp³-hybridized carbons (Fsp3) is 0.286. The van der Waals surface area contributed by atoms with Gasteiger partial charge in [-0.3, -0.25) is 19.3 Å². The molecule has 1 aliphatic heterocycles. The van der Waals surface area contributed by atoms with Crippen molar-refractivity contribution in [2.45, 2.75) is 25.8 Å². The molecule has 0 aromatic heterocycles. The second-order valence-corrected chi connectivity index (χ2v) is 6.95. The number of carbonyl (C=O) groups excluding carboxylic acids is 3. The van der Waals surface area contributed by atoms with Crippen LogP contribution < -0.4 is 5.32 Å². The molecule has 3 amide bonds. The number of nitrogens with zero attached hydrogens (tertiary/aromatic N) is 1. The fourth-order valence-electron chi connectivity index (χ4n) is 3.36. The zero-order valence-electron chi connectivity index (χ0n) is 14.4. The van der Waals surface area contributed by atoms with Gasteiger partial charge in [-0.05, 0) is 48.6 Å². The van der Waals surface area contributed by atoms with Gasteiger partial charge in [0.1, 0.15) is 0 Å². The van der Waals surface area contributed by atoms with E-state index >= 15 is 0 Å². The smallest absolute Gasteiger partial charge is 0.261 e. The molecular weight excluding hydrogens is 328 g/mol. The Morgan fingerprint density at radius 3 is 2.12 bits per heavy atom. The quantitative estimate of drug-likeness (QED) is 0.845. The van der Waals surface area contributed by atoms with Crippen LogP contribution in [0.3, 0.4) is 0 Å². The van der Waals surface area contributed by atoms with Gasteiger partial charge in [0, 0.05) is 12.1 Å². The van der Waals surface area contributed by atoms with Crippen molar-refractivity contribution in [2.24, 2.45) is 5.92 Å². The normalized spacial score (nSPS) is 16.4. The van der Waals surface area contributed by atoms with E-state index in [-0.39, 0.29) is 24.3 Å². The van der Waals surface area contributed by atoms with Gasteiger partial charge in [0.2, 0.25) is 0 Å². The molecule has 0 radical (unpaired) electrons. The Labute approximate surface area is 152 Å². The highest BCUT2D eigenvalue weighted by Crippen LogP contribution is 2.26. The zero-order valence-corrected chi connectivity index (χ0v) is 14.4. The first-order chi connectivity index (χ1) is 12.6. The van der Waals surface area contributed by atoms with E-state index in [0.717, 1.165) is 12.1 Å². The van der Waals surface area contributed by atoms with E-state index in [4.69, 9.17) is 0 Å². The first-order valence-corrected chi connectivity index (χ1v) is 8.96. The molecule has 0 atom stereocenters. The predicted molar refractivity (Wildman–Crippen MR) is 96.8 cm³/mol. The van der Waals surface area contributed by atoms with E-state index in [1.54, 1.807) is 48.5 Å². The van der Waals surface area contributed by atoms with E-state index < -0.39 is 0 Å². The van der Waals surface area contributed by atoms with Gasteiger partial charge in [0.25, 0.3) is 17.7 Å². The second kappa shape index (κ2) is 6.75. The Kier molecular flexibility index (Phi) is 4.29. The first kappa shape index (κ1) is 16.5. The average molecular weight is 348 g/mol. The molecule has 132 valence electrons. The Bertz CT molecular complexity index is 834. The van der Waals surface area contributed by atoms with Crippen LogP contribution in [0.2, 0.25) is 0 Å². The van der Waals surface area contributed by atoms with Crippen LogP contribution in [0.1, 0.15) is 55.9 Å². The van der Waals surface area contributed by atoms with Crippen molar-refractivity contribution in [3.05, 3.63) is 70.8 Å². The molecule has 1 aliphatic carbocycles. The van der Waals surface area contributed by atoms with Crippen molar-refractivity contribution in [2.75, 3.05) is 6.54 Å². The number of fused-ring (bicyclic) bond motifs is 1. The average Bonchev–Trinajstić information content (AvgIpc) is 2.86. The highest BCUT2D eigenvalue weighted by Gasteiger charge is 2.34. The molecule has 1 saturated carbocycles. The Morgan fingerprint density at radius 1 is 0.962 bits per heavy atom. The number of hydrogen-bond acceptors (Lipinski definition) is 3. The maximum absolute atomic E-state index is 12.4. The first-order valence-electron chi connectivity index (χ1n) is 8.96. The summed E-state index contributed by atoms with van der Waals surface area (Å²) < 4.78 is 0. The van der Waals surface area contributed by atoms with Crippen LogP contribution in [-0.2, 0) is 6.54 Å². The number of nitrogens with one attached hydrogen (secondary N) is 1. The SMILES string of the molecule is O=C(NCC1CCC1)c1ccc(CN2C(=O)c3ccccc3C2=O)cc1. The Morgan fingerprint density at radius 2 is 1.58 bits per heavy atom. The minimum Gasteiger partial charge on any atom is -0.352 e. The van der Waals surface area contributed by atoms with Crippen LogP contribution in [0.4, 0.5) is 0 Å².